The Kier molecular flexibility index (Phi) is 6.97. The van der Waals surface area contributed by atoms with E-state index in [0.717, 1.165) is 29.0 Å². The molecule has 0 saturated heterocycles. The van der Waals surface area contributed by atoms with E-state index in [9.17, 15) is 4.79 Å². The average molecular weight is 372 g/mol. The summed E-state index contributed by atoms with van der Waals surface area (Å²) in [6.07, 6.45) is 0.870. The number of esters is 1. The van der Waals surface area contributed by atoms with Crippen LogP contribution < -0.4 is 15.4 Å². The van der Waals surface area contributed by atoms with Crippen LogP contribution in [0.4, 0.5) is 5.69 Å². The lowest BCUT2D eigenvalue weighted by Crippen LogP contribution is -2.32. The number of methoxy groups -OCH3 is 2. The van der Waals surface area contributed by atoms with Gasteiger partial charge in [-0.05, 0) is 61.0 Å². The van der Waals surface area contributed by atoms with Crippen LogP contribution in [-0.4, -0.2) is 25.3 Å². The minimum Gasteiger partial charge on any atom is -0.497 e. The number of thiocarbonyl (C=S) groups is 1. The van der Waals surface area contributed by atoms with E-state index in [-0.39, 0.29) is 12.0 Å². The first-order valence-electron chi connectivity index (χ1n) is 8.39. The fourth-order valence-electron chi connectivity index (χ4n) is 2.68. The molecule has 0 bridgehead atoms. The Bertz CT molecular complexity index is 775. The molecular weight excluding hydrogens is 348 g/mol. The molecule has 1 unspecified atom stereocenters. The zero-order chi connectivity index (χ0) is 19.1. The largest absolute Gasteiger partial charge is 0.497 e. The van der Waals surface area contributed by atoms with Crippen LogP contribution in [0.1, 0.15) is 40.9 Å². The van der Waals surface area contributed by atoms with Crippen molar-refractivity contribution in [2.45, 2.75) is 26.3 Å². The van der Waals surface area contributed by atoms with Gasteiger partial charge in [-0.3, -0.25) is 0 Å². The van der Waals surface area contributed by atoms with Crippen molar-refractivity contribution in [3.8, 4) is 5.75 Å². The van der Waals surface area contributed by atoms with Crippen LogP contribution in [0.15, 0.2) is 42.5 Å². The molecule has 138 valence electrons. The number of nitrogens with one attached hydrogen (secondary N) is 2. The van der Waals surface area contributed by atoms with Gasteiger partial charge in [0.2, 0.25) is 0 Å². The highest BCUT2D eigenvalue weighted by Crippen LogP contribution is 2.22. The minimum atomic E-state index is -0.366. The van der Waals surface area contributed by atoms with Gasteiger partial charge < -0.3 is 20.1 Å². The molecule has 26 heavy (non-hydrogen) atoms. The molecule has 5 nitrogen and oxygen atoms in total. The lowest BCUT2D eigenvalue weighted by Gasteiger charge is -2.21. The summed E-state index contributed by atoms with van der Waals surface area (Å²) >= 11 is 5.46. The van der Waals surface area contributed by atoms with Crippen LogP contribution in [0.2, 0.25) is 0 Å². The molecule has 2 aromatic carbocycles. The SMILES string of the molecule is CCC(NC(=S)Nc1cccc(C(=O)OC)c1C)c1ccc(OC)cc1. The highest BCUT2D eigenvalue weighted by molar-refractivity contribution is 7.80. The van der Waals surface area contributed by atoms with Crippen molar-refractivity contribution in [1.29, 1.82) is 0 Å². The zero-order valence-corrected chi connectivity index (χ0v) is 16.3. The van der Waals surface area contributed by atoms with Gasteiger partial charge in [-0.2, -0.15) is 0 Å². The fraction of sp³-hybridized carbons (Fsp3) is 0.300. The lowest BCUT2D eigenvalue weighted by molar-refractivity contribution is 0.0600. The molecule has 0 heterocycles. The molecule has 0 aliphatic rings. The van der Waals surface area contributed by atoms with Gasteiger partial charge in [-0.15, -0.1) is 0 Å². The summed E-state index contributed by atoms with van der Waals surface area (Å²) in [6.45, 7) is 3.95. The summed E-state index contributed by atoms with van der Waals surface area (Å²) in [7, 11) is 3.02. The molecule has 0 aliphatic carbocycles. The van der Waals surface area contributed by atoms with Crippen molar-refractivity contribution >= 4 is 29.0 Å². The second-order valence-electron chi connectivity index (χ2n) is 5.80. The summed E-state index contributed by atoms with van der Waals surface area (Å²) in [5.41, 5.74) is 3.20. The van der Waals surface area contributed by atoms with E-state index in [1.807, 2.05) is 37.3 Å². The molecule has 2 N–H and O–H groups in total. The van der Waals surface area contributed by atoms with Crippen LogP contribution in [0.3, 0.4) is 0 Å². The van der Waals surface area contributed by atoms with Gasteiger partial charge in [0.25, 0.3) is 0 Å². The van der Waals surface area contributed by atoms with E-state index in [0.29, 0.717) is 10.7 Å². The van der Waals surface area contributed by atoms with Crippen molar-refractivity contribution in [2.75, 3.05) is 19.5 Å². The maximum absolute atomic E-state index is 11.8. The third kappa shape index (κ3) is 4.73. The summed E-state index contributed by atoms with van der Waals surface area (Å²) in [5.74, 6) is 0.453. The second kappa shape index (κ2) is 9.20. The van der Waals surface area contributed by atoms with Gasteiger partial charge >= 0.3 is 5.97 Å². The van der Waals surface area contributed by atoms with E-state index in [1.165, 1.54) is 7.11 Å². The first-order chi connectivity index (χ1) is 12.5. The Hall–Kier alpha value is -2.60. The molecule has 0 radical (unpaired) electrons. The van der Waals surface area contributed by atoms with Crippen LogP contribution >= 0.6 is 12.2 Å². The molecule has 0 aliphatic heterocycles. The Morgan fingerprint density at radius 3 is 2.42 bits per heavy atom. The molecule has 0 amide bonds. The van der Waals surface area contributed by atoms with E-state index in [1.54, 1.807) is 19.2 Å². The van der Waals surface area contributed by atoms with E-state index < -0.39 is 0 Å². The summed E-state index contributed by atoms with van der Waals surface area (Å²) in [5, 5.41) is 6.99. The van der Waals surface area contributed by atoms with Crippen molar-refractivity contribution in [3.05, 3.63) is 59.2 Å². The van der Waals surface area contributed by atoms with Crippen molar-refractivity contribution in [1.82, 2.24) is 5.32 Å². The molecular formula is C20H24N2O3S. The number of carbonyl (C=O) groups excluding carboxylic acids is 1. The maximum atomic E-state index is 11.8. The number of hydrogen-bond acceptors (Lipinski definition) is 4. The predicted molar refractivity (Wildman–Crippen MR) is 108 cm³/mol. The monoisotopic (exact) mass is 372 g/mol. The number of anilines is 1. The number of ether oxygens (including phenoxy) is 2. The molecule has 6 heteroatoms. The lowest BCUT2D eigenvalue weighted by atomic mass is 10.0. The number of rotatable bonds is 6. The van der Waals surface area contributed by atoms with Crippen molar-refractivity contribution in [2.24, 2.45) is 0 Å². The van der Waals surface area contributed by atoms with E-state index >= 15 is 0 Å². The second-order valence-corrected chi connectivity index (χ2v) is 6.21. The highest BCUT2D eigenvalue weighted by atomic mass is 32.1. The quantitative estimate of drug-likeness (QED) is 0.585. The average Bonchev–Trinajstić information content (AvgIpc) is 2.67. The Balaban J connectivity index is 2.10. The van der Waals surface area contributed by atoms with Gasteiger partial charge in [0, 0.05) is 5.69 Å². The topological polar surface area (TPSA) is 59.6 Å². The number of hydrogen-bond donors (Lipinski definition) is 2. The normalized spacial score (nSPS) is 11.4. The molecule has 0 fully saturated rings. The van der Waals surface area contributed by atoms with Crippen LogP contribution in [-0.2, 0) is 4.74 Å². The zero-order valence-electron chi connectivity index (χ0n) is 15.5. The smallest absolute Gasteiger partial charge is 0.338 e. The Morgan fingerprint density at radius 1 is 1.15 bits per heavy atom. The minimum absolute atomic E-state index is 0.0741. The molecule has 0 spiro atoms. The van der Waals surface area contributed by atoms with E-state index in [4.69, 9.17) is 21.7 Å². The van der Waals surface area contributed by atoms with Gasteiger partial charge in [0.1, 0.15) is 5.75 Å². The number of benzene rings is 2. The summed E-state index contributed by atoms with van der Waals surface area (Å²) < 4.78 is 10.0. The first kappa shape index (κ1) is 19.7. The highest BCUT2D eigenvalue weighted by Gasteiger charge is 2.14. The molecule has 0 saturated carbocycles. The molecule has 2 aromatic rings. The van der Waals surface area contributed by atoms with Gasteiger partial charge in [-0.1, -0.05) is 25.1 Å². The third-order valence-electron chi connectivity index (χ3n) is 4.22. The fourth-order valence-corrected chi connectivity index (χ4v) is 2.93. The van der Waals surface area contributed by atoms with Crippen LogP contribution in [0.25, 0.3) is 0 Å². The standard InChI is InChI=1S/C20H24N2O3S/c1-5-17(14-9-11-15(24-3)12-10-14)21-20(26)22-18-8-6-7-16(13(18)2)19(23)25-4/h6-12,17H,5H2,1-4H3,(H2,21,22,26). The summed E-state index contributed by atoms with van der Waals surface area (Å²) in [4.78, 5) is 11.8. The van der Waals surface area contributed by atoms with Gasteiger partial charge in [-0.25, -0.2) is 4.79 Å². The number of carbonyl (C=O) groups is 1. The third-order valence-corrected chi connectivity index (χ3v) is 4.44. The summed E-state index contributed by atoms with van der Waals surface area (Å²) in [6, 6.07) is 13.4. The Morgan fingerprint density at radius 2 is 1.85 bits per heavy atom. The van der Waals surface area contributed by atoms with Crippen molar-refractivity contribution < 1.29 is 14.3 Å². The van der Waals surface area contributed by atoms with Gasteiger partial charge in [0.15, 0.2) is 5.11 Å². The van der Waals surface area contributed by atoms with Gasteiger partial charge in [0.05, 0.1) is 25.8 Å². The predicted octanol–water partition coefficient (Wildman–Crippen LogP) is 4.23. The first-order valence-corrected chi connectivity index (χ1v) is 8.80. The van der Waals surface area contributed by atoms with Crippen molar-refractivity contribution in [3.63, 3.8) is 0 Å². The Labute approximate surface area is 159 Å². The van der Waals surface area contributed by atoms with E-state index in [2.05, 4.69) is 17.6 Å². The van der Waals surface area contributed by atoms with Crippen LogP contribution in [0.5, 0.6) is 5.75 Å². The molecule has 1 atom stereocenters. The van der Waals surface area contributed by atoms with Crippen LogP contribution in [0, 0.1) is 6.92 Å². The maximum Gasteiger partial charge on any atom is 0.338 e. The molecule has 0 aromatic heterocycles. The molecule has 2 rings (SSSR count).